The van der Waals surface area contributed by atoms with E-state index in [0.29, 0.717) is 20.9 Å². The summed E-state index contributed by atoms with van der Waals surface area (Å²) >= 11 is 7.07. The number of ketones is 1. The van der Waals surface area contributed by atoms with E-state index in [0.717, 1.165) is 0 Å². The van der Waals surface area contributed by atoms with Crippen LogP contribution in [-0.4, -0.2) is 12.4 Å². The molecular formula is C15H15ClO2S. The molecule has 0 atom stereocenters. The number of benzene rings is 1. The molecule has 0 N–H and O–H groups in total. The molecule has 2 rings (SSSR count). The maximum absolute atomic E-state index is 11.8. The van der Waals surface area contributed by atoms with E-state index >= 15 is 0 Å². The highest BCUT2D eigenvalue weighted by Gasteiger charge is 2.09. The Kier molecular flexibility index (Phi) is 4.61. The molecule has 0 aliphatic heterocycles. The van der Waals surface area contributed by atoms with Gasteiger partial charge in [0.05, 0.1) is 9.21 Å². The number of hydrogen-bond acceptors (Lipinski definition) is 3. The zero-order chi connectivity index (χ0) is 13.8. The van der Waals surface area contributed by atoms with Crippen molar-refractivity contribution in [3.63, 3.8) is 0 Å². The second-order valence-corrected chi connectivity index (χ2v) is 6.25. The van der Waals surface area contributed by atoms with E-state index in [1.165, 1.54) is 16.9 Å². The highest BCUT2D eigenvalue weighted by Crippen LogP contribution is 2.22. The maximum atomic E-state index is 11.8. The largest absolute Gasteiger partial charge is 0.485 e. The molecule has 0 amide bonds. The Morgan fingerprint density at radius 3 is 2.42 bits per heavy atom. The lowest BCUT2D eigenvalue weighted by Gasteiger charge is -2.08. The summed E-state index contributed by atoms with van der Waals surface area (Å²) in [7, 11) is 0. The van der Waals surface area contributed by atoms with Crippen LogP contribution in [0.1, 0.15) is 35.0 Å². The Morgan fingerprint density at radius 2 is 1.89 bits per heavy atom. The van der Waals surface area contributed by atoms with Crippen molar-refractivity contribution >= 4 is 28.7 Å². The summed E-state index contributed by atoms with van der Waals surface area (Å²) < 4.78 is 6.10. The molecule has 0 radical (unpaired) electrons. The van der Waals surface area contributed by atoms with Crippen LogP contribution in [0.5, 0.6) is 5.75 Å². The number of halogens is 1. The van der Waals surface area contributed by atoms with Crippen LogP contribution in [0.15, 0.2) is 36.4 Å². The first kappa shape index (κ1) is 14.1. The smallest absolute Gasteiger partial charge is 0.210 e. The van der Waals surface area contributed by atoms with Gasteiger partial charge in [0.15, 0.2) is 6.61 Å². The van der Waals surface area contributed by atoms with E-state index in [-0.39, 0.29) is 12.4 Å². The molecule has 1 heterocycles. The van der Waals surface area contributed by atoms with Crippen molar-refractivity contribution in [2.24, 2.45) is 0 Å². The Balaban J connectivity index is 1.93. The van der Waals surface area contributed by atoms with Crippen LogP contribution in [0.25, 0.3) is 0 Å². The molecule has 0 saturated carbocycles. The summed E-state index contributed by atoms with van der Waals surface area (Å²) in [6.07, 6.45) is 0. The highest BCUT2D eigenvalue weighted by molar-refractivity contribution is 7.18. The third kappa shape index (κ3) is 3.82. The fourth-order valence-electron chi connectivity index (χ4n) is 1.63. The number of ether oxygens (including phenoxy) is 1. The minimum atomic E-state index is -0.0511. The van der Waals surface area contributed by atoms with Crippen molar-refractivity contribution in [3.8, 4) is 5.75 Å². The van der Waals surface area contributed by atoms with E-state index in [2.05, 4.69) is 13.8 Å². The maximum Gasteiger partial charge on any atom is 0.210 e. The van der Waals surface area contributed by atoms with Crippen molar-refractivity contribution in [1.82, 2.24) is 0 Å². The lowest BCUT2D eigenvalue weighted by molar-refractivity contribution is 0.0925. The van der Waals surface area contributed by atoms with Crippen LogP contribution >= 0.6 is 22.9 Å². The van der Waals surface area contributed by atoms with Crippen LogP contribution < -0.4 is 4.74 Å². The molecule has 0 spiro atoms. The average Bonchev–Trinajstić information content (AvgIpc) is 2.83. The van der Waals surface area contributed by atoms with Crippen molar-refractivity contribution in [1.29, 1.82) is 0 Å². The van der Waals surface area contributed by atoms with Gasteiger partial charge in [-0.3, -0.25) is 4.79 Å². The van der Waals surface area contributed by atoms with E-state index < -0.39 is 0 Å². The van der Waals surface area contributed by atoms with Crippen molar-refractivity contribution in [2.45, 2.75) is 19.8 Å². The number of hydrogen-bond donors (Lipinski definition) is 0. The summed E-state index contributed by atoms with van der Waals surface area (Å²) in [4.78, 5) is 12.5. The fraction of sp³-hybridized carbons (Fsp3) is 0.267. The Bertz CT molecular complexity index is 558. The number of rotatable bonds is 5. The molecule has 1 aromatic carbocycles. The van der Waals surface area contributed by atoms with Crippen molar-refractivity contribution in [3.05, 3.63) is 51.2 Å². The quantitative estimate of drug-likeness (QED) is 0.741. The van der Waals surface area contributed by atoms with Crippen LogP contribution in [0.2, 0.25) is 4.34 Å². The minimum absolute atomic E-state index is 0.0396. The fourth-order valence-corrected chi connectivity index (χ4v) is 2.60. The molecule has 0 aliphatic carbocycles. The Hall–Kier alpha value is -1.32. The van der Waals surface area contributed by atoms with Gasteiger partial charge in [0.2, 0.25) is 5.78 Å². The summed E-state index contributed by atoms with van der Waals surface area (Å²) in [5.74, 6) is 1.15. The van der Waals surface area contributed by atoms with Gasteiger partial charge < -0.3 is 4.74 Å². The van der Waals surface area contributed by atoms with Gasteiger partial charge in [-0.15, -0.1) is 11.3 Å². The Morgan fingerprint density at radius 1 is 1.21 bits per heavy atom. The molecule has 2 aromatic rings. The first-order valence-electron chi connectivity index (χ1n) is 6.07. The highest BCUT2D eigenvalue weighted by atomic mass is 35.5. The van der Waals surface area contributed by atoms with E-state index in [1.807, 2.05) is 24.3 Å². The zero-order valence-corrected chi connectivity index (χ0v) is 12.4. The first-order valence-corrected chi connectivity index (χ1v) is 7.27. The second kappa shape index (κ2) is 6.22. The molecule has 0 unspecified atom stereocenters. The van der Waals surface area contributed by atoms with Gasteiger partial charge in [-0.05, 0) is 35.7 Å². The molecule has 19 heavy (non-hydrogen) atoms. The molecule has 4 heteroatoms. The molecule has 2 nitrogen and oxygen atoms in total. The molecular weight excluding hydrogens is 280 g/mol. The predicted molar refractivity (Wildman–Crippen MR) is 79.7 cm³/mol. The third-order valence-corrected chi connectivity index (χ3v) is 4.04. The standard InChI is InChI=1S/C15H15ClO2S/c1-10(2)11-3-5-12(6-4-11)18-9-13(17)14-7-8-15(16)19-14/h3-8,10H,9H2,1-2H3. The number of Topliss-reactive ketones (excluding diaryl/α,β-unsaturated/α-hetero) is 1. The lowest BCUT2D eigenvalue weighted by Crippen LogP contribution is -2.10. The van der Waals surface area contributed by atoms with Gasteiger partial charge in [-0.1, -0.05) is 37.6 Å². The molecule has 1 aromatic heterocycles. The molecule has 0 aliphatic rings. The zero-order valence-electron chi connectivity index (χ0n) is 10.9. The van der Waals surface area contributed by atoms with Crippen LogP contribution in [0, 0.1) is 0 Å². The summed E-state index contributed by atoms with van der Waals surface area (Å²) in [5.41, 5.74) is 1.25. The van der Waals surface area contributed by atoms with Gasteiger partial charge in [0, 0.05) is 0 Å². The van der Waals surface area contributed by atoms with Crippen molar-refractivity contribution in [2.75, 3.05) is 6.61 Å². The lowest BCUT2D eigenvalue weighted by atomic mass is 10.0. The van der Waals surface area contributed by atoms with E-state index in [9.17, 15) is 4.79 Å². The molecule has 0 saturated heterocycles. The van der Waals surface area contributed by atoms with Gasteiger partial charge in [0.1, 0.15) is 5.75 Å². The van der Waals surface area contributed by atoms with Gasteiger partial charge in [-0.2, -0.15) is 0 Å². The van der Waals surface area contributed by atoms with Crippen LogP contribution in [0.4, 0.5) is 0 Å². The topological polar surface area (TPSA) is 26.3 Å². The van der Waals surface area contributed by atoms with Crippen LogP contribution in [0.3, 0.4) is 0 Å². The minimum Gasteiger partial charge on any atom is -0.485 e. The second-order valence-electron chi connectivity index (χ2n) is 4.54. The number of carbonyl (C=O) groups is 1. The van der Waals surface area contributed by atoms with E-state index in [1.54, 1.807) is 12.1 Å². The predicted octanol–water partition coefficient (Wildman–Crippen LogP) is 4.79. The van der Waals surface area contributed by atoms with Gasteiger partial charge in [0.25, 0.3) is 0 Å². The third-order valence-electron chi connectivity index (χ3n) is 2.76. The molecule has 0 fully saturated rings. The average molecular weight is 295 g/mol. The van der Waals surface area contributed by atoms with E-state index in [4.69, 9.17) is 16.3 Å². The number of thiophene rings is 1. The van der Waals surface area contributed by atoms with Crippen molar-refractivity contribution < 1.29 is 9.53 Å². The Labute approximate surface area is 122 Å². The first-order chi connectivity index (χ1) is 9.06. The molecule has 100 valence electrons. The van der Waals surface area contributed by atoms with Gasteiger partial charge in [-0.25, -0.2) is 0 Å². The summed E-state index contributed by atoms with van der Waals surface area (Å²) in [5, 5.41) is 0. The monoisotopic (exact) mass is 294 g/mol. The molecule has 0 bridgehead atoms. The SMILES string of the molecule is CC(C)c1ccc(OCC(=O)c2ccc(Cl)s2)cc1. The normalized spacial score (nSPS) is 10.7. The van der Waals surface area contributed by atoms with Crippen LogP contribution in [-0.2, 0) is 0 Å². The van der Waals surface area contributed by atoms with Gasteiger partial charge >= 0.3 is 0 Å². The summed E-state index contributed by atoms with van der Waals surface area (Å²) in [6.45, 7) is 4.32. The summed E-state index contributed by atoms with van der Waals surface area (Å²) in [6, 6.07) is 11.3. The number of carbonyl (C=O) groups excluding carboxylic acids is 1.